The molecule has 1 amide bonds. The largest absolute Gasteiger partial charge is 0.494 e. The molecule has 0 saturated carbocycles. The van der Waals surface area contributed by atoms with Crippen molar-refractivity contribution in [2.75, 3.05) is 18.9 Å². The maximum absolute atomic E-state index is 13.0. The lowest BCUT2D eigenvalue weighted by Gasteiger charge is -2.25. The molecule has 1 aliphatic heterocycles. The number of fused-ring (bicyclic) bond motifs is 1. The average Bonchev–Trinajstić information content (AvgIpc) is 3.22. The van der Waals surface area contributed by atoms with Gasteiger partial charge in [0.25, 0.3) is 0 Å². The maximum Gasteiger partial charge on any atom is 0.233 e. The van der Waals surface area contributed by atoms with Crippen LogP contribution in [0.4, 0.5) is 0 Å². The van der Waals surface area contributed by atoms with Gasteiger partial charge >= 0.3 is 0 Å². The second kappa shape index (κ2) is 8.82. The second-order valence-corrected chi connectivity index (χ2v) is 8.09. The van der Waals surface area contributed by atoms with Crippen LogP contribution in [0, 0.1) is 6.92 Å². The van der Waals surface area contributed by atoms with E-state index >= 15 is 0 Å². The number of amides is 1. The minimum Gasteiger partial charge on any atom is -0.494 e. The molecule has 3 aromatic rings. The van der Waals surface area contributed by atoms with Crippen LogP contribution in [0.3, 0.4) is 0 Å². The molecule has 1 saturated heterocycles. The van der Waals surface area contributed by atoms with E-state index in [2.05, 4.69) is 22.1 Å². The molecule has 5 nitrogen and oxygen atoms in total. The van der Waals surface area contributed by atoms with Gasteiger partial charge < -0.3 is 9.64 Å². The molecule has 0 N–H and O–H groups in total. The van der Waals surface area contributed by atoms with Crippen molar-refractivity contribution in [1.82, 2.24) is 14.9 Å². The molecule has 2 aromatic carbocycles. The molecule has 150 valence electrons. The lowest BCUT2D eigenvalue weighted by molar-refractivity contribution is -0.129. The van der Waals surface area contributed by atoms with Gasteiger partial charge in [0.15, 0.2) is 0 Å². The number of thioether (sulfide) groups is 1. The summed E-state index contributed by atoms with van der Waals surface area (Å²) >= 11 is 1.50. The van der Waals surface area contributed by atoms with Crippen LogP contribution in [0.5, 0.6) is 5.75 Å². The lowest BCUT2D eigenvalue weighted by Crippen LogP contribution is -2.32. The van der Waals surface area contributed by atoms with Gasteiger partial charge in [-0.25, -0.2) is 9.97 Å². The van der Waals surface area contributed by atoms with E-state index in [0.29, 0.717) is 12.4 Å². The zero-order chi connectivity index (χ0) is 20.2. The van der Waals surface area contributed by atoms with Crippen molar-refractivity contribution in [2.24, 2.45) is 0 Å². The predicted molar refractivity (Wildman–Crippen MR) is 116 cm³/mol. The van der Waals surface area contributed by atoms with Crippen molar-refractivity contribution in [3.05, 3.63) is 59.9 Å². The van der Waals surface area contributed by atoms with Crippen molar-refractivity contribution in [3.8, 4) is 5.75 Å². The summed E-state index contributed by atoms with van der Waals surface area (Å²) in [6.45, 7) is 5.33. The van der Waals surface area contributed by atoms with Crippen molar-refractivity contribution in [2.45, 2.75) is 37.8 Å². The normalized spacial score (nSPS) is 16.3. The van der Waals surface area contributed by atoms with Crippen LogP contribution in [0.15, 0.2) is 53.6 Å². The van der Waals surface area contributed by atoms with E-state index in [4.69, 9.17) is 4.74 Å². The van der Waals surface area contributed by atoms with Crippen LogP contribution in [0.1, 0.15) is 37.2 Å². The van der Waals surface area contributed by atoms with Crippen LogP contribution in [0.2, 0.25) is 0 Å². The Kier molecular flexibility index (Phi) is 6.00. The molecule has 29 heavy (non-hydrogen) atoms. The summed E-state index contributed by atoms with van der Waals surface area (Å²) < 4.78 is 5.53. The number of nitrogens with zero attached hydrogens (tertiary/aromatic N) is 3. The zero-order valence-corrected chi connectivity index (χ0v) is 17.6. The number of carbonyl (C=O) groups is 1. The monoisotopic (exact) mass is 407 g/mol. The first kappa shape index (κ1) is 19.7. The second-order valence-electron chi connectivity index (χ2n) is 7.13. The minimum atomic E-state index is 0.141. The van der Waals surface area contributed by atoms with Crippen LogP contribution in [0.25, 0.3) is 10.9 Å². The Balaban J connectivity index is 1.47. The molecule has 0 bridgehead atoms. The molecule has 1 aromatic heterocycles. The number of hydrogen-bond acceptors (Lipinski definition) is 5. The van der Waals surface area contributed by atoms with Crippen molar-refractivity contribution >= 4 is 28.6 Å². The van der Waals surface area contributed by atoms with Gasteiger partial charge in [0, 0.05) is 11.9 Å². The molecule has 0 radical (unpaired) electrons. The summed E-state index contributed by atoms with van der Waals surface area (Å²) in [6, 6.07) is 16.2. The molecular formula is C23H25N3O2S. The average molecular weight is 408 g/mol. The molecule has 6 heteroatoms. The first-order chi connectivity index (χ1) is 14.2. The molecule has 1 unspecified atom stereocenters. The topological polar surface area (TPSA) is 55.3 Å². The first-order valence-corrected chi connectivity index (χ1v) is 11.0. The van der Waals surface area contributed by atoms with Crippen LogP contribution >= 0.6 is 11.8 Å². The molecule has 2 heterocycles. The standard InChI is InChI=1S/C23H25N3O2S/c1-3-28-18-12-10-17(11-13-18)21-9-6-14-26(21)22(27)15-29-23-19-7-4-5-8-20(19)24-16(2)25-23/h4-5,7-8,10-13,21H,3,6,9,14-15H2,1-2H3. The van der Waals surface area contributed by atoms with E-state index in [0.717, 1.165) is 46.9 Å². The first-order valence-electron chi connectivity index (χ1n) is 10.0. The van der Waals surface area contributed by atoms with E-state index in [1.807, 2.05) is 55.1 Å². The van der Waals surface area contributed by atoms with Gasteiger partial charge in [-0.15, -0.1) is 0 Å². The van der Waals surface area contributed by atoms with Crippen LogP contribution in [-0.2, 0) is 4.79 Å². The van der Waals surface area contributed by atoms with E-state index < -0.39 is 0 Å². The van der Waals surface area contributed by atoms with E-state index in [1.165, 1.54) is 17.3 Å². The molecule has 1 atom stereocenters. The molecule has 0 spiro atoms. The smallest absolute Gasteiger partial charge is 0.233 e. The quantitative estimate of drug-likeness (QED) is 0.434. The van der Waals surface area contributed by atoms with Crippen LogP contribution in [-0.4, -0.2) is 39.7 Å². The Morgan fingerprint density at radius 1 is 1.17 bits per heavy atom. The van der Waals surface area contributed by atoms with Crippen molar-refractivity contribution in [1.29, 1.82) is 0 Å². The number of benzene rings is 2. The van der Waals surface area contributed by atoms with Crippen molar-refractivity contribution in [3.63, 3.8) is 0 Å². The third kappa shape index (κ3) is 4.37. The Morgan fingerprint density at radius 3 is 2.76 bits per heavy atom. The number of hydrogen-bond donors (Lipinski definition) is 0. The molecule has 4 rings (SSSR count). The van der Waals surface area contributed by atoms with E-state index in [9.17, 15) is 4.79 Å². The molecular weight excluding hydrogens is 382 g/mol. The SMILES string of the molecule is CCOc1ccc(C2CCCN2C(=O)CSc2nc(C)nc3ccccc23)cc1. The van der Waals surface area contributed by atoms with Gasteiger partial charge in [-0.1, -0.05) is 42.1 Å². The molecule has 1 aliphatic rings. The summed E-state index contributed by atoms with van der Waals surface area (Å²) in [7, 11) is 0. The molecule has 0 aliphatic carbocycles. The van der Waals surface area contributed by atoms with E-state index in [-0.39, 0.29) is 11.9 Å². The molecule has 1 fully saturated rings. The number of aryl methyl sites for hydroxylation is 1. The highest BCUT2D eigenvalue weighted by Crippen LogP contribution is 2.34. The fourth-order valence-electron chi connectivity index (χ4n) is 3.85. The number of aromatic nitrogens is 2. The summed E-state index contributed by atoms with van der Waals surface area (Å²) in [5.74, 6) is 2.14. The van der Waals surface area contributed by atoms with Gasteiger partial charge in [0.1, 0.15) is 16.6 Å². The summed E-state index contributed by atoms with van der Waals surface area (Å²) in [5.41, 5.74) is 2.09. The Bertz CT molecular complexity index is 1010. The fraction of sp³-hybridized carbons (Fsp3) is 0.348. The minimum absolute atomic E-state index is 0.141. The Morgan fingerprint density at radius 2 is 1.97 bits per heavy atom. The number of rotatable bonds is 6. The third-order valence-electron chi connectivity index (χ3n) is 5.16. The van der Waals surface area contributed by atoms with Gasteiger partial charge in [0.2, 0.25) is 5.91 Å². The zero-order valence-electron chi connectivity index (χ0n) is 16.8. The van der Waals surface area contributed by atoms with Gasteiger partial charge in [0.05, 0.1) is 23.9 Å². The Hall–Kier alpha value is -2.60. The van der Waals surface area contributed by atoms with Crippen molar-refractivity contribution < 1.29 is 9.53 Å². The summed E-state index contributed by atoms with van der Waals surface area (Å²) in [5, 5.41) is 1.87. The highest BCUT2D eigenvalue weighted by Gasteiger charge is 2.30. The third-order valence-corrected chi connectivity index (χ3v) is 6.14. The fourth-order valence-corrected chi connectivity index (χ4v) is 4.80. The highest BCUT2D eigenvalue weighted by atomic mass is 32.2. The number of likely N-dealkylation sites (tertiary alicyclic amines) is 1. The van der Waals surface area contributed by atoms with E-state index in [1.54, 1.807) is 0 Å². The van der Waals surface area contributed by atoms with Gasteiger partial charge in [-0.2, -0.15) is 0 Å². The van der Waals surface area contributed by atoms with Gasteiger partial charge in [-0.3, -0.25) is 4.79 Å². The van der Waals surface area contributed by atoms with Gasteiger partial charge in [-0.05, 0) is 50.5 Å². The number of ether oxygens (including phenoxy) is 1. The lowest BCUT2D eigenvalue weighted by atomic mass is 10.0. The number of para-hydroxylation sites is 1. The maximum atomic E-state index is 13.0. The highest BCUT2D eigenvalue weighted by molar-refractivity contribution is 8.00. The van der Waals surface area contributed by atoms with Crippen LogP contribution < -0.4 is 4.74 Å². The number of carbonyl (C=O) groups excluding carboxylic acids is 1. The summed E-state index contributed by atoms with van der Waals surface area (Å²) in [4.78, 5) is 24.1. The Labute approximate surface area is 175 Å². The predicted octanol–water partition coefficient (Wildman–Crippen LogP) is 4.79. The summed E-state index contributed by atoms with van der Waals surface area (Å²) in [6.07, 6.45) is 2.03.